The summed E-state index contributed by atoms with van der Waals surface area (Å²) in [5.74, 6) is 1.36. The Morgan fingerprint density at radius 3 is 2.88 bits per heavy atom. The van der Waals surface area contributed by atoms with Crippen LogP contribution in [0.25, 0.3) is 10.4 Å². The highest BCUT2D eigenvalue weighted by atomic mass is 16.5. The van der Waals surface area contributed by atoms with Crippen molar-refractivity contribution in [2.75, 3.05) is 0 Å². The molecular weight excluding hydrogens is 314 g/mol. The van der Waals surface area contributed by atoms with E-state index in [9.17, 15) is 5.11 Å². The van der Waals surface area contributed by atoms with Crippen molar-refractivity contribution in [1.29, 1.82) is 0 Å². The van der Waals surface area contributed by atoms with Crippen LogP contribution in [0.3, 0.4) is 0 Å². The zero-order chi connectivity index (χ0) is 18.0. The normalized spacial score (nSPS) is 23.6. The minimum absolute atomic E-state index is 0.0256. The molecule has 3 rings (SSSR count). The summed E-state index contributed by atoms with van der Waals surface area (Å²) in [6.07, 6.45) is 8.10. The third-order valence-corrected chi connectivity index (χ3v) is 5.54. The Hall–Kier alpha value is -2.13. The number of hydrogen-bond donors (Lipinski definition) is 1. The Morgan fingerprint density at radius 1 is 1.36 bits per heavy atom. The van der Waals surface area contributed by atoms with E-state index < -0.39 is 0 Å². The molecule has 1 aliphatic heterocycles. The fourth-order valence-corrected chi connectivity index (χ4v) is 4.26. The highest BCUT2D eigenvalue weighted by Gasteiger charge is 2.45. The first-order valence-corrected chi connectivity index (χ1v) is 9.27. The molecule has 2 unspecified atom stereocenters. The molecule has 5 heteroatoms. The van der Waals surface area contributed by atoms with Crippen LogP contribution in [-0.2, 0) is 6.42 Å². The van der Waals surface area contributed by atoms with Crippen LogP contribution < -0.4 is 4.74 Å². The zero-order valence-corrected chi connectivity index (χ0v) is 15.3. The number of phenols is 1. The van der Waals surface area contributed by atoms with Crippen LogP contribution >= 0.6 is 0 Å². The second kappa shape index (κ2) is 7.01. The summed E-state index contributed by atoms with van der Waals surface area (Å²) in [4.78, 5) is 2.93. The first-order valence-electron chi connectivity index (χ1n) is 9.27. The molecule has 5 nitrogen and oxygen atoms in total. The van der Waals surface area contributed by atoms with Crippen molar-refractivity contribution >= 4 is 0 Å². The number of benzene rings is 1. The first kappa shape index (κ1) is 17.7. The van der Waals surface area contributed by atoms with Gasteiger partial charge in [-0.3, -0.25) is 0 Å². The fraction of sp³-hybridized carbons (Fsp3) is 0.600. The van der Waals surface area contributed by atoms with E-state index in [0.29, 0.717) is 5.75 Å². The number of fused-ring (bicyclic) bond motifs is 3. The smallest absolute Gasteiger partial charge is 0.127 e. The summed E-state index contributed by atoms with van der Waals surface area (Å²) in [7, 11) is 0. The van der Waals surface area contributed by atoms with Gasteiger partial charge in [0.1, 0.15) is 17.1 Å². The van der Waals surface area contributed by atoms with Crippen LogP contribution in [-0.4, -0.2) is 10.7 Å². The van der Waals surface area contributed by atoms with E-state index in [1.54, 1.807) is 0 Å². The van der Waals surface area contributed by atoms with Crippen LogP contribution in [0.15, 0.2) is 29.0 Å². The maximum atomic E-state index is 10.7. The maximum absolute atomic E-state index is 10.7. The van der Waals surface area contributed by atoms with Gasteiger partial charge in [-0.05, 0) is 62.8 Å². The van der Waals surface area contributed by atoms with Gasteiger partial charge >= 0.3 is 0 Å². The lowest BCUT2D eigenvalue weighted by Gasteiger charge is -2.46. The highest BCUT2D eigenvalue weighted by molar-refractivity contribution is 5.54. The molecule has 0 aromatic heterocycles. The first-order chi connectivity index (χ1) is 12.0. The summed E-state index contributed by atoms with van der Waals surface area (Å²) < 4.78 is 6.32. The number of hydrogen-bond acceptors (Lipinski definition) is 3. The predicted octanol–water partition coefficient (Wildman–Crippen LogP) is 5.98. The molecule has 0 saturated carbocycles. The quantitative estimate of drug-likeness (QED) is 0.309. The van der Waals surface area contributed by atoms with Gasteiger partial charge in [0, 0.05) is 28.0 Å². The van der Waals surface area contributed by atoms with Crippen molar-refractivity contribution in [2.24, 2.45) is 11.0 Å². The summed E-state index contributed by atoms with van der Waals surface area (Å²) in [6, 6.07) is 3.96. The SMILES string of the molecule is CCCCCc1cc(O)c2c(c1)OC(C)(C)C1CCC(N=[N+]=[N-])=CC21. The van der Waals surface area contributed by atoms with Crippen molar-refractivity contribution in [1.82, 2.24) is 0 Å². The van der Waals surface area contributed by atoms with Crippen molar-refractivity contribution in [3.63, 3.8) is 0 Å². The highest BCUT2D eigenvalue weighted by Crippen LogP contribution is 2.53. The van der Waals surface area contributed by atoms with Gasteiger partial charge in [-0.2, -0.15) is 0 Å². The zero-order valence-electron chi connectivity index (χ0n) is 15.3. The lowest BCUT2D eigenvalue weighted by atomic mass is 9.68. The molecule has 0 saturated heterocycles. The summed E-state index contributed by atoms with van der Waals surface area (Å²) in [5, 5.41) is 14.5. The molecule has 1 aromatic rings. The van der Waals surface area contributed by atoms with E-state index in [2.05, 4.69) is 36.9 Å². The Balaban J connectivity index is 2.01. The Morgan fingerprint density at radius 2 is 2.16 bits per heavy atom. The molecule has 1 heterocycles. The second-order valence-electron chi connectivity index (χ2n) is 7.71. The molecule has 2 atom stereocenters. The van der Waals surface area contributed by atoms with Gasteiger partial charge in [0.2, 0.25) is 0 Å². The van der Waals surface area contributed by atoms with Gasteiger partial charge in [0.05, 0.1) is 0 Å². The molecule has 0 fully saturated rings. The maximum Gasteiger partial charge on any atom is 0.127 e. The Kier molecular flexibility index (Phi) is 4.96. The number of phenolic OH excluding ortho intramolecular Hbond substituents is 1. The van der Waals surface area contributed by atoms with E-state index >= 15 is 0 Å². The number of ether oxygens (including phenoxy) is 1. The molecule has 0 radical (unpaired) electrons. The second-order valence-corrected chi connectivity index (χ2v) is 7.71. The number of nitrogens with zero attached hydrogens (tertiary/aromatic N) is 3. The van der Waals surface area contributed by atoms with Crippen LogP contribution in [0.2, 0.25) is 0 Å². The van der Waals surface area contributed by atoms with Crippen molar-refractivity contribution in [3.05, 3.63) is 45.5 Å². The van der Waals surface area contributed by atoms with Crippen molar-refractivity contribution in [2.45, 2.75) is 70.8 Å². The summed E-state index contributed by atoms with van der Waals surface area (Å²) in [5.41, 5.74) is 11.2. The topological polar surface area (TPSA) is 78.2 Å². The predicted molar refractivity (Wildman–Crippen MR) is 98.7 cm³/mol. The molecule has 1 N–H and O–H groups in total. The molecule has 0 spiro atoms. The van der Waals surface area contributed by atoms with Crippen molar-refractivity contribution < 1.29 is 9.84 Å². The number of allylic oxidation sites excluding steroid dienone is 2. The molecule has 0 bridgehead atoms. The van der Waals surface area contributed by atoms with E-state index in [0.717, 1.165) is 48.3 Å². The van der Waals surface area contributed by atoms with E-state index in [-0.39, 0.29) is 17.4 Å². The van der Waals surface area contributed by atoms with Crippen LogP contribution in [0.1, 0.15) is 69.9 Å². The molecular formula is C20H27N3O2. The van der Waals surface area contributed by atoms with Crippen LogP contribution in [0, 0.1) is 5.92 Å². The monoisotopic (exact) mass is 341 g/mol. The van der Waals surface area contributed by atoms with Gasteiger partial charge in [0.25, 0.3) is 0 Å². The average Bonchev–Trinajstić information content (AvgIpc) is 2.54. The van der Waals surface area contributed by atoms with Gasteiger partial charge in [0.15, 0.2) is 0 Å². The van der Waals surface area contributed by atoms with Gasteiger partial charge in [-0.25, -0.2) is 0 Å². The molecule has 1 aromatic carbocycles. The molecule has 0 amide bonds. The van der Waals surface area contributed by atoms with Gasteiger partial charge < -0.3 is 9.84 Å². The number of aromatic hydroxyl groups is 1. The Labute approximate surface area is 149 Å². The third kappa shape index (κ3) is 3.47. The van der Waals surface area contributed by atoms with Crippen molar-refractivity contribution in [3.8, 4) is 11.5 Å². The number of aryl methyl sites for hydroxylation is 1. The minimum Gasteiger partial charge on any atom is -0.507 e. The average molecular weight is 341 g/mol. The number of rotatable bonds is 5. The number of azide groups is 1. The summed E-state index contributed by atoms with van der Waals surface area (Å²) in [6.45, 7) is 6.41. The lowest BCUT2D eigenvalue weighted by molar-refractivity contribution is 0.0106. The number of unbranched alkanes of at least 4 members (excludes halogenated alkanes) is 2. The van der Waals surface area contributed by atoms with Crippen LogP contribution in [0.4, 0.5) is 0 Å². The Bertz CT molecular complexity index is 733. The van der Waals surface area contributed by atoms with Gasteiger partial charge in [-0.15, -0.1) is 0 Å². The van der Waals surface area contributed by atoms with E-state index in [1.165, 1.54) is 12.8 Å². The van der Waals surface area contributed by atoms with E-state index in [4.69, 9.17) is 10.3 Å². The molecule has 134 valence electrons. The van der Waals surface area contributed by atoms with Crippen LogP contribution in [0.5, 0.6) is 11.5 Å². The minimum atomic E-state index is -0.315. The molecule has 25 heavy (non-hydrogen) atoms. The lowest BCUT2D eigenvalue weighted by Crippen LogP contribution is -2.45. The van der Waals surface area contributed by atoms with E-state index in [1.807, 2.05) is 12.1 Å². The largest absolute Gasteiger partial charge is 0.507 e. The summed E-state index contributed by atoms with van der Waals surface area (Å²) >= 11 is 0. The molecule has 1 aliphatic carbocycles. The fourth-order valence-electron chi connectivity index (χ4n) is 4.26. The van der Waals surface area contributed by atoms with Gasteiger partial charge in [-0.1, -0.05) is 31.0 Å². The standard InChI is InChI=1S/C20H27N3O2/c1-4-5-6-7-13-10-17(24)19-15-12-14(22-23-21)8-9-16(15)20(2,3)25-18(19)11-13/h10-12,15-16,24H,4-9H2,1-3H3. The molecule has 2 aliphatic rings. The third-order valence-electron chi connectivity index (χ3n) is 5.54.